The molecule has 0 aliphatic heterocycles. The number of aliphatic hydroxyl groups is 1. The van der Waals surface area contributed by atoms with Crippen molar-refractivity contribution in [2.45, 2.75) is 26.0 Å². The first-order valence-electron chi connectivity index (χ1n) is 5.77. The second kappa shape index (κ2) is 5.50. The van der Waals surface area contributed by atoms with Crippen LogP contribution in [-0.4, -0.2) is 14.9 Å². The highest BCUT2D eigenvalue weighted by atomic mass is 35.5. The predicted molar refractivity (Wildman–Crippen MR) is 68.0 cm³/mol. The van der Waals surface area contributed by atoms with Crippen LogP contribution in [0, 0.1) is 5.82 Å². The van der Waals surface area contributed by atoms with Crippen molar-refractivity contribution in [2.24, 2.45) is 0 Å². The van der Waals surface area contributed by atoms with Crippen LogP contribution in [0.25, 0.3) is 0 Å². The average Bonchev–Trinajstić information content (AvgIpc) is 2.77. The molecule has 3 nitrogen and oxygen atoms in total. The Morgan fingerprint density at radius 2 is 2.28 bits per heavy atom. The SMILES string of the molecule is CCCn1cc(C(O)c2ccc(F)cc2Cl)cn1. The monoisotopic (exact) mass is 268 g/mol. The molecule has 0 aliphatic rings. The lowest BCUT2D eigenvalue weighted by atomic mass is 10.0. The zero-order valence-corrected chi connectivity index (χ0v) is 10.7. The molecule has 1 N–H and O–H groups in total. The maximum atomic E-state index is 12.9. The standard InChI is InChI=1S/C13H14ClFN2O/c1-2-5-17-8-9(7-16-17)13(18)11-4-3-10(15)6-12(11)14/h3-4,6-8,13,18H,2,5H2,1H3. The molecular weight excluding hydrogens is 255 g/mol. The van der Waals surface area contributed by atoms with Crippen LogP contribution in [0.4, 0.5) is 4.39 Å². The molecule has 5 heteroatoms. The highest BCUT2D eigenvalue weighted by molar-refractivity contribution is 6.31. The number of aromatic nitrogens is 2. The molecule has 1 unspecified atom stereocenters. The van der Waals surface area contributed by atoms with Gasteiger partial charge in [0, 0.05) is 28.9 Å². The molecule has 18 heavy (non-hydrogen) atoms. The second-order valence-corrected chi connectivity index (χ2v) is 4.51. The zero-order valence-electron chi connectivity index (χ0n) is 9.98. The lowest BCUT2D eigenvalue weighted by Gasteiger charge is -2.10. The summed E-state index contributed by atoms with van der Waals surface area (Å²) in [5.74, 6) is -0.419. The van der Waals surface area contributed by atoms with Crippen LogP contribution in [0.15, 0.2) is 30.6 Å². The molecule has 0 spiro atoms. The van der Waals surface area contributed by atoms with Gasteiger partial charge in [-0.15, -0.1) is 0 Å². The molecule has 1 aromatic carbocycles. The molecule has 96 valence electrons. The minimum atomic E-state index is -0.885. The highest BCUT2D eigenvalue weighted by Crippen LogP contribution is 2.28. The largest absolute Gasteiger partial charge is 0.383 e. The molecule has 1 atom stereocenters. The van der Waals surface area contributed by atoms with E-state index in [0.717, 1.165) is 13.0 Å². The Morgan fingerprint density at radius 1 is 1.50 bits per heavy atom. The minimum absolute atomic E-state index is 0.214. The fourth-order valence-corrected chi connectivity index (χ4v) is 2.05. The highest BCUT2D eigenvalue weighted by Gasteiger charge is 2.16. The van der Waals surface area contributed by atoms with Crippen LogP contribution in [-0.2, 0) is 6.54 Å². The lowest BCUT2D eigenvalue weighted by molar-refractivity contribution is 0.220. The topological polar surface area (TPSA) is 38.0 Å². The lowest BCUT2D eigenvalue weighted by Crippen LogP contribution is -2.00. The van der Waals surface area contributed by atoms with Gasteiger partial charge < -0.3 is 5.11 Å². The summed E-state index contributed by atoms with van der Waals surface area (Å²) in [6, 6.07) is 3.96. The van der Waals surface area contributed by atoms with Gasteiger partial charge in [0.15, 0.2) is 0 Å². The number of rotatable bonds is 4. The van der Waals surface area contributed by atoms with Gasteiger partial charge in [-0.2, -0.15) is 5.10 Å². The molecule has 1 aromatic heterocycles. The van der Waals surface area contributed by atoms with Gasteiger partial charge in [0.25, 0.3) is 0 Å². The summed E-state index contributed by atoms with van der Waals surface area (Å²) in [6.07, 6.45) is 3.45. The molecule has 0 radical (unpaired) electrons. The molecule has 0 fully saturated rings. The van der Waals surface area contributed by atoms with Gasteiger partial charge >= 0.3 is 0 Å². The summed E-state index contributed by atoms with van der Waals surface area (Å²) in [4.78, 5) is 0. The van der Waals surface area contributed by atoms with E-state index in [1.54, 1.807) is 17.1 Å². The molecule has 0 aliphatic carbocycles. The van der Waals surface area contributed by atoms with Gasteiger partial charge in [-0.25, -0.2) is 4.39 Å². The molecule has 2 rings (SSSR count). The summed E-state index contributed by atoms with van der Waals surface area (Å²) in [7, 11) is 0. The quantitative estimate of drug-likeness (QED) is 0.925. The van der Waals surface area contributed by atoms with E-state index in [1.165, 1.54) is 18.2 Å². The number of nitrogens with zero attached hydrogens (tertiary/aromatic N) is 2. The zero-order chi connectivity index (χ0) is 13.1. The second-order valence-electron chi connectivity index (χ2n) is 4.11. The Morgan fingerprint density at radius 3 is 2.94 bits per heavy atom. The first-order valence-corrected chi connectivity index (χ1v) is 6.15. The number of hydrogen-bond acceptors (Lipinski definition) is 2. The van der Waals surface area contributed by atoms with E-state index in [4.69, 9.17) is 11.6 Å². The Hall–Kier alpha value is -1.39. The van der Waals surface area contributed by atoms with E-state index in [2.05, 4.69) is 12.0 Å². The fraction of sp³-hybridized carbons (Fsp3) is 0.308. The Labute approximate surface area is 110 Å². The van der Waals surface area contributed by atoms with Gasteiger partial charge in [-0.1, -0.05) is 24.6 Å². The van der Waals surface area contributed by atoms with E-state index in [0.29, 0.717) is 11.1 Å². The van der Waals surface area contributed by atoms with Crippen LogP contribution < -0.4 is 0 Å². The summed E-state index contributed by atoms with van der Waals surface area (Å²) in [6.45, 7) is 2.85. The number of aliphatic hydroxyl groups excluding tert-OH is 1. The Kier molecular flexibility index (Phi) is 3.99. The molecule has 0 amide bonds. The first kappa shape index (κ1) is 13.1. The summed E-state index contributed by atoms with van der Waals surface area (Å²) in [5.41, 5.74) is 1.13. The van der Waals surface area contributed by atoms with Gasteiger partial charge in [0.05, 0.1) is 6.20 Å². The first-order chi connectivity index (χ1) is 8.61. The minimum Gasteiger partial charge on any atom is -0.383 e. The molecule has 0 saturated carbocycles. The smallest absolute Gasteiger partial charge is 0.124 e. The molecule has 0 saturated heterocycles. The van der Waals surface area contributed by atoms with E-state index in [1.807, 2.05) is 0 Å². The summed E-state index contributed by atoms with van der Waals surface area (Å²) < 4.78 is 14.7. The Balaban J connectivity index is 2.26. The number of hydrogen-bond donors (Lipinski definition) is 1. The molecular formula is C13H14ClFN2O. The van der Waals surface area contributed by atoms with Crippen molar-refractivity contribution in [3.8, 4) is 0 Å². The third-order valence-electron chi connectivity index (χ3n) is 2.68. The number of halogens is 2. The van der Waals surface area contributed by atoms with Crippen molar-refractivity contribution in [1.82, 2.24) is 9.78 Å². The van der Waals surface area contributed by atoms with Crippen LogP contribution in [0.5, 0.6) is 0 Å². The normalized spacial score (nSPS) is 12.7. The van der Waals surface area contributed by atoms with Crippen molar-refractivity contribution < 1.29 is 9.50 Å². The van der Waals surface area contributed by atoms with Crippen molar-refractivity contribution in [3.63, 3.8) is 0 Å². The molecule has 2 aromatic rings. The van der Waals surface area contributed by atoms with Gasteiger partial charge in [0.1, 0.15) is 11.9 Å². The van der Waals surface area contributed by atoms with Gasteiger partial charge in [-0.3, -0.25) is 4.68 Å². The Bertz CT molecular complexity index is 542. The molecule has 1 heterocycles. The third-order valence-corrected chi connectivity index (χ3v) is 3.01. The van der Waals surface area contributed by atoms with Crippen LogP contribution in [0.3, 0.4) is 0 Å². The van der Waals surface area contributed by atoms with E-state index >= 15 is 0 Å². The van der Waals surface area contributed by atoms with Crippen LogP contribution in [0.2, 0.25) is 5.02 Å². The summed E-state index contributed by atoms with van der Waals surface area (Å²) >= 11 is 5.92. The van der Waals surface area contributed by atoms with Crippen molar-refractivity contribution >= 4 is 11.6 Å². The van der Waals surface area contributed by atoms with Gasteiger partial charge in [-0.05, 0) is 18.6 Å². The summed E-state index contributed by atoms with van der Waals surface area (Å²) in [5, 5.41) is 14.5. The fourth-order valence-electron chi connectivity index (χ4n) is 1.77. The van der Waals surface area contributed by atoms with Crippen molar-refractivity contribution in [2.75, 3.05) is 0 Å². The van der Waals surface area contributed by atoms with Crippen molar-refractivity contribution in [3.05, 3.63) is 52.6 Å². The van der Waals surface area contributed by atoms with Crippen molar-refractivity contribution in [1.29, 1.82) is 0 Å². The van der Waals surface area contributed by atoms with E-state index in [-0.39, 0.29) is 5.02 Å². The maximum absolute atomic E-state index is 12.9. The average molecular weight is 269 g/mol. The van der Waals surface area contributed by atoms with Crippen LogP contribution >= 0.6 is 11.6 Å². The molecule has 0 bridgehead atoms. The third kappa shape index (κ3) is 2.71. The van der Waals surface area contributed by atoms with E-state index < -0.39 is 11.9 Å². The van der Waals surface area contributed by atoms with E-state index in [9.17, 15) is 9.50 Å². The van der Waals surface area contributed by atoms with Gasteiger partial charge in [0.2, 0.25) is 0 Å². The van der Waals surface area contributed by atoms with Crippen LogP contribution in [0.1, 0.15) is 30.6 Å². The maximum Gasteiger partial charge on any atom is 0.124 e. The predicted octanol–water partition coefficient (Wildman–Crippen LogP) is 3.17. The number of benzene rings is 1. The number of aryl methyl sites for hydroxylation is 1.